The minimum atomic E-state index is 0.144. The van der Waals surface area contributed by atoms with Crippen LogP contribution in [0.15, 0.2) is 12.5 Å². The van der Waals surface area contributed by atoms with Crippen molar-refractivity contribution in [3.8, 4) is 0 Å². The van der Waals surface area contributed by atoms with E-state index in [9.17, 15) is 0 Å². The first-order valence-corrected chi connectivity index (χ1v) is 5.06. The Morgan fingerprint density at radius 3 is 3.07 bits per heavy atom. The van der Waals surface area contributed by atoms with E-state index in [1.807, 2.05) is 0 Å². The third-order valence-electron chi connectivity index (χ3n) is 1.86. The van der Waals surface area contributed by atoms with Gasteiger partial charge in [-0.15, -0.1) is 0 Å². The van der Waals surface area contributed by atoms with Crippen LogP contribution in [0.3, 0.4) is 0 Å². The summed E-state index contributed by atoms with van der Waals surface area (Å²) >= 11 is 5.86. The van der Waals surface area contributed by atoms with E-state index in [1.54, 1.807) is 6.20 Å². The number of aromatic nitrogens is 2. The van der Waals surface area contributed by atoms with E-state index in [4.69, 9.17) is 17.3 Å². The van der Waals surface area contributed by atoms with Crippen LogP contribution in [-0.4, -0.2) is 22.6 Å². The van der Waals surface area contributed by atoms with Crippen molar-refractivity contribution in [3.05, 3.63) is 17.5 Å². The van der Waals surface area contributed by atoms with Gasteiger partial charge in [0.15, 0.2) is 0 Å². The molecule has 5 heteroatoms. The summed E-state index contributed by atoms with van der Waals surface area (Å²) in [6.45, 7) is 2.79. The highest BCUT2D eigenvalue weighted by atomic mass is 35.5. The molecule has 0 bridgehead atoms. The van der Waals surface area contributed by atoms with Crippen LogP contribution in [0.1, 0.15) is 19.8 Å². The van der Waals surface area contributed by atoms with Gasteiger partial charge in [-0.05, 0) is 6.42 Å². The van der Waals surface area contributed by atoms with E-state index in [0.717, 1.165) is 12.8 Å². The topological polar surface area (TPSA) is 63.8 Å². The standard InChI is InChI=1S/C9H15ClN4/c1-2-3-7(11)4-13-9-8(10)5-12-6-14-9/h5-7H,2-4,11H2,1H3,(H,12,13,14). The van der Waals surface area contributed by atoms with Crippen LogP contribution in [0.5, 0.6) is 0 Å². The first-order valence-electron chi connectivity index (χ1n) is 4.69. The van der Waals surface area contributed by atoms with E-state index in [-0.39, 0.29) is 6.04 Å². The van der Waals surface area contributed by atoms with Crippen LogP contribution < -0.4 is 11.1 Å². The Morgan fingerprint density at radius 1 is 1.64 bits per heavy atom. The molecule has 0 saturated carbocycles. The highest BCUT2D eigenvalue weighted by molar-refractivity contribution is 6.32. The molecule has 1 rings (SSSR count). The average molecular weight is 215 g/mol. The Kier molecular flexibility index (Phi) is 4.62. The molecule has 1 atom stereocenters. The lowest BCUT2D eigenvalue weighted by molar-refractivity contribution is 0.626. The van der Waals surface area contributed by atoms with Gasteiger partial charge in [0, 0.05) is 12.6 Å². The minimum Gasteiger partial charge on any atom is -0.367 e. The number of nitrogens with two attached hydrogens (primary N) is 1. The molecule has 0 fully saturated rings. The van der Waals surface area contributed by atoms with Crippen LogP contribution in [0, 0.1) is 0 Å². The van der Waals surface area contributed by atoms with E-state index in [2.05, 4.69) is 22.2 Å². The van der Waals surface area contributed by atoms with Gasteiger partial charge in [-0.25, -0.2) is 9.97 Å². The fourth-order valence-electron chi connectivity index (χ4n) is 1.14. The van der Waals surface area contributed by atoms with Gasteiger partial charge in [0.2, 0.25) is 0 Å². The fourth-order valence-corrected chi connectivity index (χ4v) is 1.32. The molecule has 78 valence electrons. The van der Waals surface area contributed by atoms with Crippen molar-refractivity contribution in [3.63, 3.8) is 0 Å². The molecule has 1 heterocycles. The number of anilines is 1. The summed E-state index contributed by atoms with van der Waals surface area (Å²) in [6.07, 6.45) is 5.10. The number of nitrogens with zero attached hydrogens (tertiary/aromatic N) is 2. The molecule has 1 aromatic rings. The van der Waals surface area contributed by atoms with E-state index in [0.29, 0.717) is 17.4 Å². The molecule has 0 aliphatic heterocycles. The monoisotopic (exact) mass is 214 g/mol. The molecular weight excluding hydrogens is 200 g/mol. The fraction of sp³-hybridized carbons (Fsp3) is 0.556. The second-order valence-electron chi connectivity index (χ2n) is 3.15. The van der Waals surface area contributed by atoms with Crippen LogP contribution in [-0.2, 0) is 0 Å². The van der Waals surface area contributed by atoms with E-state index in [1.165, 1.54) is 6.33 Å². The van der Waals surface area contributed by atoms with Gasteiger partial charge in [-0.3, -0.25) is 0 Å². The smallest absolute Gasteiger partial charge is 0.148 e. The number of rotatable bonds is 5. The maximum atomic E-state index is 5.86. The second-order valence-corrected chi connectivity index (χ2v) is 3.56. The number of halogens is 1. The summed E-state index contributed by atoms with van der Waals surface area (Å²) in [7, 11) is 0. The van der Waals surface area contributed by atoms with Crippen molar-refractivity contribution < 1.29 is 0 Å². The number of hydrogen-bond acceptors (Lipinski definition) is 4. The van der Waals surface area contributed by atoms with Crippen LogP contribution >= 0.6 is 11.6 Å². The van der Waals surface area contributed by atoms with Gasteiger partial charge in [0.05, 0.1) is 6.20 Å². The maximum Gasteiger partial charge on any atom is 0.148 e. The molecule has 3 N–H and O–H groups in total. The van der Waals surface area contributed by atoms with Gasteiger partial charge in [-0.2, -0.15) is 0 Å². The molecule has 0 aliphatic rings. The first kappa shape index (κ1) is 11.2. The second kappa shape index (κ2) is 5.78. The number of hydrogen-bond donors (Lipinski definition) is 2. The van der Waals surface area contributed by atoms with Crippen molar-refractivity contribution in [2.24, 2.45) is 5.73 Å². The van der Waals surface area contributed by atoms with E-state index >= 15 is 0 Å². The largest absolute Gasteiger partial charge is 0.367 e. The van der Waals surface area contributed by atoms with Gasteiger partial charge < -0.3 is 11.1 Å². The molecule has 0 amide bonds. The lowest BCUT2D eigenvalue weighted by atomic mass is 10.2. The van der Waals surface area contributed by atoms with Crippen molar-refractivity contribution in [2.75, 3.05) is 11.9 Å². The lowest BCUT2D eigenvalue weighted by Gasteiger charge is -2.12. The Hall–Kier alpha value is -0.870. The van der Waals surface area contributed by atoms with Gasteiger partial charge in [0.1, 0.15) is 17.2 Å². The van der Waals surface area contributed by atoms with Gasteiger partial charge in [0.25, 0.3) is 0 Å². The zero-order valence-electron chi connectivity index (χ0n) is 8.20. The normalized spacial score (nSPS) is 12.5. The van der Waals surface area contributed by atoms with Crippen LogP contribution in [0.2, 0.25) is 5.02 Å². The lowest BCUT2D eigenvalue weighted by Crippen LogP contribution is -2.29. The zero-order valence-corrected chi connectivity index (χ0v) is 8.96. The zero-order chi connectivity index (χ0) is 10.4. The Bertz CT molecular complexity index is 279. The van der Waals surface area contributed by atoms with Crippen molar-refractivity contribution >= 4 is 17.4 Å². The highest BCUT2D eigenvalue weighted by Crippen LogP contribution is 2.15. The SMILES string of the molecule is CCCC(N)CNc1ncncc1Cl. The molecule has 0 radical (unpaired) electrons. The van der Waals surface area contributed by atoms with Gasteiger partial charge in [-0.1, -0.05) is 24.9 Å². The van der Waals surface area contributed by atoms with Crippen LogP contribution in [0.25, 0.3) is 0 Å². The maximum absolute atomic E-state index is 5.86. The third kappa shape index (κ3) is 3.47. The summed E-state index contributed by atoms with van der Waals surface area (Å²) in [5.41, 5.74) is 5.83. The number of nitrogens with one attached hydrogen (secondary N) is 1. The molecule has 4 nitrogen and oxygen atoms in total. The average Bonchev–Trinajstić information content (AvgIpc) is 2.17. The summed E-state index contributed by atoms with van der Waals surface area (Å²) in [4.78, 5) is 7.79. The quantitative estimate of drug-likeness (QED) is 0.783. The summed E-state index contributed by atoms with van der Waals surface area (Å²) in [6, 6.07) is 0.144. The van der Waals surface area contributed by atoms with E-state index < -0.39 is 0 Å². The molecule has 14 heavy (non-hydrogen) atoms. The van der Waals surface area contributed by atoms with Gasteiger partial charge >= 0.3 is 0 Å². The molecular formula is C9H15ClN4. The minimum absolute atomic E-state index is 0.144. The molecule has 0 spiro atoms. The molecule has 0 aliphatic carbocycles. The summed E-state index contributed by atoms with van der Waals surface area (Å²) in [5.74, 6) is 0.646. The van der Waals surface area contributed by atoms with Crippen molar-refractivity contribution in [2.45, 2.75) is 25.8 Å². The predicted octanol–water partition coefficient (Wildman–Crippen LogP) is 1.67. The molecule has 0 aromatic carbocycles. The Morgan fingerprint density at radius 2 is 2.43 bits per heavy atom. The predicted molar refractivity (Wildman–Crippen MR) is 58.4 cm³/mol. The Balaban J connectivity index is 2.41. The summed E-state index contributed by atoms with van der Waals surface area (Å²) in [5, 5.41) is 3.61. The molecule has 1 aromatic heterocycles. The van der Waals surface area contributed by atoms with Crippen LogP contribution in [0.4, 0.5) is 5.82 Å². The van der Waals surface area contributed by atoms with Crippen molar-refractivity contribution in [1.29, 1.82) is 0 Å². The summed E-state index contributed by atoms with van der Waals surface area (Å²) < 4.78 is 0. The van der Waals surface area contributed by atoms with Crippen molar-refractivity contribution in [1.82, 2.24) is 9.97 Å². The first-order chi connectivity index (χ1) is 6.74. The Labute approximate surface area is 88.9 Å². The third-order valence-corrected chi connectivity index (χ3v) is 2.14. The highest BCUT2D eigenvalue weighted by Gasteiger charge is 2.03. The molecule has 0 saturated heterocycles. The molecule has 1 unspecified atom stereocenters.